The monoisotopic (exact) mass is 971 g/mol. The van der Waals surface area contributed by atoms with Crippen molar-refractivity contribution >= 4 is 60.0 Å². The average molecular weight is 973 g/mol. The third-order valence-electron chi connectivity index (χ3n) is 10.7. The van der Waals surface area contributed by atoms with Crippen LogP contribution in [-0.2, 0) is 33.4 Å². The fraction of sp³-hybridized carbons (Fsp3) is 0.400. The van der Waals surface area contributed by atoms with E-state index in [2.05, 4.69) is 66.0 Å². The van der Waals surface area contributed by atoms with Crippen LogP contribution in [0.2, 0.25) is 0 Å². The Morgan fingerprint density at radius 3 is 1.43 bits per heavy atom. The first-order valence-corrected chi connectivity index (χ1v) is 21.7. The summed E-state index contributed by atoms with van der Waals surface area (Å²) in [6.07, 6.45) is 8.24. The van der Waals surface area contributed by atoms with Crippen LogP contribution in [0.15, 0.2) is 82.1 Å². The predicted molar refractivity (Wildman–Crippen MR) is 266 cm³/mol. The van der Waals surface area contributed by atoms with Crippen molar-refractivity contribution in [3.8, 4) is 22.3 Å². The van der Waals surface area contributed by atoms with E-state index in [1.165, 1.54) is 5.56 Å². The number of carbonyl (C=O) groups excluding carboxylic acids is 3. The lowest BCUT2D eigenvalue weighted by Crippen LogP contribution is -2.14. The van der Waals surface area contributed by atoms with Crippen molar-refractivity contribution in [2.75, 3.05) is 10.6 Å². The van der Waals surface area contributed by atoms with Gasteiger partial charge in [0.15, 0.2) is 0 Å². The van der Waals surface area contributed by atoms with Gasteiger partial charge >= 0.3 is 5.97 Å². The Labute approximate surface area is 409 Å². The third-order valence-corrected chi connectivity index (χ3v) is 10.7. The van der Waals surface area contributed by atoms with Gasteiger partial charge in [-0.2, -0.15) is 9.97 Å². The van der Waals surface area contributed by atoms with Crippen LogP contribution in [0, 0.1) is 25.7 Å². The molecule has 0 radical (unpaired) electrons. The lowest BCUT2D eigenvalue weighted by molar-refractivity contribution is -0.118. The van der Waals surface area contributed by atoms with E-state index in [4.69, 9.17) is 19.9 Å². The maximum atomic E-state index is 12.5. The quantitative estimate of drug-likeness (QED) is 0.0834. The Balaban J connectivity index is 0.000000293. The number of rotatable bonds is 12. The van der Waals surface area contributed by atoms with Gasteiger partial charge in [0.25, 0.3) is 5.82 Å². The second-order valence-electron chi connectivity index (χ2n) is 18.4. The Morgan fingerprint density at radius 2 is 1.06 bits per heavy atom. The summed E-state index contributed by atoms with van der Waals surface area (Å²) in [7, 11) is 0. The number of aromatic nitrogens is 6. The van der Waals surface area contributed by atoms with Crippen molar-refractivity contribution in [2.24, 2.45) is 17.6 Å². The van der Waals surface area contributed by atoms with Crippen LogP contribution in [0.5, 0.6) is 0 Å². The molecular weight excluding hydrogens is 910 g/mol. The molecule has 2 aromatic carbocycles. The second-order valence-corrected chi connectivity index (χ2v) is 18.4. The standard InChI is InChI=1S/C25H28N4O3.C17H19N3O.C7H10N2O3.CH4.2ClH/c1-15-13-18(19-11-12-26-21(14-19)27-23(31)17-6-7-17)8-5-16(15)9-10-20(30)22-28-24(32-29-22)25(2,3)4;1-11-8-13(4-5-15(11)10-18)14-6-7-19-16(9-14)20-17(21)12-2-3-12;1-7(2,3)6-8-4(5(10)11)9-12-6;;;/h5,8,11-14,17H,6-7,9-10H2,1-4H3,(H,26,27,31);4-9,12H,2-3,10,18H2,1H3,(H,19,20,21);1-3H3,(H,10,11);1H4;2*1H. The smallest absolute Gasteiger partial charge is 0.377 e. The number of benzene rings is 2. The molecule has 4 aromatic heterocycles. The number of carboxylic acid groups (broad SMARTS) is 1. The SMILES string of the molecule is C.CC(C)(C)c1nc(C(=O)O)no1.Cc1cc(-c2ccnc(NC(=O)C3CC3)c2)ccc1CCC(=O)c1noc(C(C)(C)C)n1.Cc1cc(-c2ccnc(NC(=O)C3CC3)c2)ccc1CN.Cl.Cl. The van der Waals surface area contributed by atoms with Crippen molar-refractivity contribution in [2.45, 2.75) is 119 Å². The molecule has 0 unspecified atom stereocenters. The van der Waals surface area contributed by atoms with Gasteiger partial charge in [-0.25, -0.2) is 14.8 Å². The van der Waals surface area contributed by atoms with Crippen molar-refractivity contribution in [1.82, 2.24) is 30.2 Å². The van der Waals surface area contributed by atoms with Crippen LogP contribution < -0.4 is 16.4 Å². The number of carbonyl (C=O) groups is 4. The zero-order valence-electron chi connectivity index (χ0n) is 39.0. The minimum Gasteiger partial charge on any atom is -0.475 e. The summed E-state index contributed by atoms with van der Waals surface area (Å²) in [5.41, 5.74) is 13.8. The second kappa shape index (κ2) is 24.1. The number of halogens is 2. The molecule has 0 saturated heterocycles. The van der Waals surface area contributed by atoms with Crippen LogP contribution >= 0.6 is 24.8 Å². The number of aromatic carboxylic acids is 1. The van der Waals surface area contributed by atoms with Gasteiger partial charge in [0.05, 0.1) is 0 Å². The van der Waals surface area contributed by atoms with Gasteiger partial charge in [0.2, 0.25) is 35.2 Å². The predicted octanol–water partition coefficient (Wildman–Crippen LogP) is 10.3. The number of Topliss-reactive ketones (excluding diaryl/α,β-unsaturated/α-hetero) is 1. The first-order chi connectivity index (χ1) is 30.8. The summed E-state index contributed by atoms with van der Waals surface area (Å²) in [6, 6.07) is 20.1. The molecule has 68 heavy (non-hydrogen) atoms. The number of hydrogen-bond acceptors (Lipinski definition) is 13. The summed E-state index contributed by atoms with van der Waals surface area (Å²) in [5, 5.41) is 21.4. The van der Waals surface area contributed by atoms with E-state index in [9.17, 15) is 19.2 Å². The number of pyridine rings is 2. The molecule has 2 amide bonds. The number of nitrogens with one attached hydrogen (secondary N) is 2. The van der Waals surface area contributed by atoms with Crippen molar-refractivity contribution in [3.05, 3.63) is 119 Å². The molecule has 16 nitrogen and oxygen atoms in total. The fourth-order valence-corrected chi connectivity index (χ4v) is 6.38. The highest BCUT2D eigenvalue weighted by molar-refractivity contribution is 5.94. The molecule has 18 heteroatoms. The number of hydrogen-bond donors (Lipinski definition) is 4. The minimum absolute atomic E-state index is 0. The molecule has 364 valence electrons. The van der Waals surface area contributed by atoms with Gasteiger partial charge < -0.3 is 30.5 Å². The molecule has 0 spiro atoms. The highest BCUT2D eigenvalue weighted by Gasteiger charge is 2.31. The summed E-state index contributed by atoms with van der Waals surface area (Å²) in [4.78, 5) is 63.1. The average Bonchev–Trinajstić information content (AvgIpc) is 4.19. The van der Waals surface area contributed by atoms with Crippen LogP contribution in [0.3, 0.4) is 0 Å². The van der Waals surface area contributed by atoms with E-state index in [0.29, 0.717) is 42.8 Å². The molecule has 8 rings (SSSR count). The zero-order valence-corrected chi connectivity index (χ0v) is 40.6. The number of amides is 2. The zero-order chi connectivity index (χ0) is 47.1. The topological polar surface area (TPSA) is 242 Å². The number of aryl methyl sites for hydroxylation is 3. The van der Waals surface area contributed by atoms with Gasteiger partial charge in [-0.05, 0) is 120 Å². The van der Waals surface area contributed by atoms with Crippen LogP contribution in [-0.4, -0.2) is 58.9 Å². The number of ketones is 1. The van der Waals surface area contributed by atoms with E-state index in [1.54, 1.807) is 12.4 Å². The van der Waals surface area contributed by atoms with E-state index in [-0.39, 0.29) is 84.2 Å². The summed E-state index contributed by atoms with van der Waals surface area (Å²) in [5.74, 6) is 0.974. The molecule has 4 heterocycles. The molecule has 0 bridgehead atoms. The molecule has 5 N–H and O–H groups in total. The minimum atomic E-state index is -1.17. The highest BCUT2D eigenvalue weighted by Crippen LogP contribution is 2.32. The number of nitrogens with zero attached hydrogens (tertiary/aromatic N) is 6. The number of anilines is 2. The van der Waals surface area contributed by atoms with Gasteiger partial charge in [0.1, 0.15) is 11.6 Å². The number of carboxylic acids is 1. The molecule has 2 fully saturated rings. The van der Waals surface area contributed by atoms with Crippen molar-refractivity contribution in [1.29, 1.82) is 0 Å². The van der Waals surface area contributed by atoms with Crippen LogP contribution in [0.1, 0.15) is 136 Å². The summed E-state index contributed by atoms with van der Waals surface area (Å²) >= 11 is 0. The Hall–Kier alpha value is -6.36. The molecule has 6 aromatic rings. The largest absolute Gasteiger partial charge is 0.475 e. The van der Waals surface area contributed by atoms with E-state index in [1.807, 2.05) is 90.9 Å². The van der Waals surface area contributed by atoms with Gasteiger partial charge in [0, 0.05) is 48.0 Å². The lowest BCUT2D eigenvalue weighted by atomic mass is 9.96. The fourth-order valence-electron chi connectivity index (χ4n) is 6.38. The van der Waals surface area contributed by atoms with Gasteiger partial charge in [-0.1, -0.05) is 90.5 Å². The Kier molecular flexibility index (Phi) is 19.8. The van der Waals surface area contributed by atoms with E-state index < -0.39 is 5.97 Å². The van der Waals surface area contributed by atoms with Crippen molar-refractivity contribution < 1.29 is 33.3 Å². The molecule has 2 aliphatic carbocycles. The normalized spacial score (nSPS) is 12.8. The van der Waals surface area contributed by atoms with Gasteiger partial charge in [-0.3, -0.25) is 14.4 Å². The molecule has 0 atom stereocenters. The third kappa shape index (κ3) is 15.6. The van der Waals surface area contributed by atoms with Crippen LogP contribution in [0.4, 0.5) is 11.6 Å². The highest BCUT2D eigenvalue weighted by atomic mass is 35.5. The molecule has 0 aliphatic heterocycles. The summed E-state index contributed by atoms with van der Waals surface area (Å²) in [6.45, 7) is 16.1. The Morgan fingerprint density at radius 1 is 0.647 bits per heavy atom. The van der Waals surface area contributed by atoms with E-state index >= 15 is 0 Å². The van der Waals surface area contributed by atoms with Crippen LogP contribution in [0.25, 0.3) is 22.3 Å². The molecular formula is C50H63Cl2N9O7. The first kappa shape index (κ1) is 56.0. The molecule has 2 aliphatic rings. The van der Waals surface area contributed by atoms with Crippen molar-refractivity contribution in [3.63, 3.8) is 0 Å². The summed E-state index contributed by atoms with van der Waals surface area (Å²) < 4.78 is 9.98. The molecule has 2 saturated carbocycles. The van der Waals surface area contributed by atoms with Gasteiger partial charge in [-0.15, -0.1) is 24.8 Å². The maximum Gasteiger partial charge on any atom is 0.377 e. The maximum absolute atomic E-state index is 12.5. The lowest BCUT2D eigenvalue weighted by Gasteiger charge is -2.10. The van der Waals surface area contributed by atoms with E-state index in [0.717, 1.165) is 64.6 Å². The first-order valence-electron chi connectivity index (χ1n) is 21.7. The Bertz CT molecular complexity index is 2680. The number of nitrogens with two attached hydrogens (primary N) is 1.